The van der Waals surface area contributed by atoms with E-state index in [1.54, 1.807) is 17.4 Å². The van der Waals surface area contributed by atoms with Gasteiger partial charge in [0.1, 0.15) is 6.54 Å². The van der Waals surface area contributed by atoms with E-state index in [1.165, 1.54) is 9.44 Å². The lowest BCUT2D eigenvalue weighted by Crippen LogP contribution is -2.41. The second kappa shape index (κ2) is 6.88. The second-order valence-corrected chi connectivity index (χ2v) is 7.49. The van der Waals surface area contributed by atoms with Crippen molar-refractivity contribution in [3.05, 3.63) is 57.2 Å². The van der Waals surface area contributed by atoms with Gasteiger partial charge in [-0.2, -0.15) is 0 Å². The molecular weight excluding hydrogens is 336 g/mol. The van der Waals surface area contributed by atoms with E-state index in [9.17, 15) is 9.59 Å². The quantitative estimate of drug-likeness (QED) is 0.701. The highest BCUT2D eigenvalue weighted by Gasteiger charge is 2.28. The third-order valence-electron chi connectivity index (χ3n) is 4.86. The number of hydrogen-bond donors (Lipinski definition) is 0. The van der Waals surface area contributed by atoms with E-state index in [0.29, 0.717) is 17.6 Å². The summed E-state index contributed by atoms with van der Waals surface area (Å²) in [5.74, 6) is -0.494. The average molecular weight is 356 g/mol. The van der Waals surface area contributed by atoms with Crippen molar-refractivity contribution in [2.24, 2.45) is 0 Å². The number of carbonyl (C=O) groups excluding carboxylic acids is 1. The molecule has 4 rings (SSSR count). The number of thiophene rings is 1. The zero-order chi connectivity index (χ0) is 17.2. The summed E-state index contributed by atoms with van der Waals surface area (Å²) in [4.78, 5) is 28.3. The molecule has 2 aromatic heterocycles. The van der Waals surface area contributed by atoms with Crippen molar-refractivity contribution >= 4 is 28.3 Å². The molecule has 130 valence electrons. The first-order chi connectivity index (χ1) is 12.2. The fourth-order valence-electron chi connectivity index (χ4n) is 3.60. The van der Waals surface area contributed by atoms with E-state index in [-0.39, 0.29) is 18.5 Å². The van der Waals surface area contributed by atoms with Crippen LogP contribution < -0.4 is 5.76 Å². The highest BCUT2D eigenvalue weighted by atomic mass is 32.1. The third-order valence-corrected chi connectivity index (χ3v) is 5.72. The van der Waals surface area contributed by atoms with Gasteiger partial charge >= 0.3 is 5.76 Å². The largest absolute Gasteiger partial charge is 0.420 e. The highest BCUT2D eigenvalue weighted by Crippen LogP contribution is 2.26. The molecule has 0 N–H and O–H groups in total. The van der Waals surface area contributed by atoms with Gasteiger partial charge in [0.2, 0.25) is 5.91 Å². The van der Waals surface area contributed by atoms with E-state index in [0.717, 1.165) is 25.7 Å². The van der Waals surface area contributed by atoms with Gasteiger partial charge < -0.3 is 9.32 Å². The minimum absolute atomic E-state index is 0.0195. The Labute approximate surface area is 149 Å². The Kier molecular flexibility index (Phi) is 4.44. The van der Waals surface area contributed by atoms with Crippen LogP contribution in [0.5, 0.6) is 0 Å². The molecule has 1 aromatic carbocycles. The summed E-state index contributed by atoms with van der Waals surface area (Å²) < 4.78 is 6.69. The van der Waals surface area contributed by atoms with Crippen LogP contribution >= 0.6 is 11.3 Å². The van der Waals surface area contributed by atoms with Crippen LogP contribution in [-0.2, 0) is 17.9 Å². The van der Waals surface area contributed by atoms with Crippen molar-refractivity contribution in [3.63, 3.8) is 0 Å². The Balaban J connectivity index is 1.61. The number of aromatic nitrogens is 1. The molecule has 1 aliphatic carbocycles. The number of hydrogen-bond acceptors (Lipinski definition) is 4. The van der Waals surface area contributed by atoms with Gasteiger partial charge in [-0.15, -0.1) is 11.3 Å². The molecular formula is C19H20N2O3S. The molecule has 0 spiro atoms. The fourth-order valence-corrected chi connectivity index (χ4v) is 4.30. The first-order valence-electron chi connectivity index (χ1n) is 8.62. The number of para-hydroxylation sites is 2. The Morgan fingerprint density at radius 2 is 2.00 bits per heavy atom. The van der Waals surface area contributed by atoms with Crippen LogP contribution in [0.1, 0.15) is 30.6 Å². The molecule has 0 saturated heterocycles. The maximum atomic E-state index is 13.0. The molecule has 1 saturated carbocycles. The Hall–Kier alpha value is -2.34. The summed E-state index contributed by atoms with van der Waals surface area (Å²) in [6, 6.07) is 11.6. The molecule has 1 fully saturated rings. The summed E-state index contributed by atoms with van der Waals surface area (Å²) in [6.45, 7) is 0.642. The van der Waals surface area contributed by atoms with E-state index >= 15 is 0 Å². The SMILES string of the molecule is O=C(Cn1c(=O)oc2ccccc21)N(Cc1cccs1)C1CCCC1. The number of fused-ring (bicyclic) bond motifs is 1. The molecule has 0 bridgehead atoms. The number of amides is 1. The van der Waals surface area contributed by atoms with Crippen molar-refractivity contribution in [2.75, 3.05) is 0 Å². The normalized spacial score (nSPS) is 15.0. The zero-order valence-corrected chi connectivity index (χ0v) is 14.7. The summed E-state index contributed by atoms with van der Waals surface area (Å²) in [7, 11) is 0. The Bertz CT molecular complexity index is 920. The fraction of sp³-hybridized carbons (Fsp3) is 0.368. The number of nitrogens with zero attached hydrogens (tertiary/aromatic N) is 2. The summed E-state index contributed by atoms with van der Waals surface area (Å²) in [6.07, 6.45) is 4.40. The molecule has 0 radical (unpaired) electrons. The standard InChI is InChI=1S/C19H20N2O3S/c22-18(13-21-16-9-3-4-10-17(16)24-19(21)23)20(14-6-1-2-7-14)12-15-8-5-11-25-15/h3-5,8-11,14H,1-2,6-7,12-13H2. The third kappa shape index (κ3) is 3.26. The smallest absolute Gasteiger partial charge is 0.408 e. The monoisotopic (exact) mass is 356 g/mol. The minimum Gasteiger partial charge on any atom is -0.408 e. The maximum absolute atomic E-state index is 13.0. The van der Waals surface area contributed by atoms with Gasteiger partial charge in [0.25, 0.3) is 0 Å². The summed E-state index contributed by atoms with van der Waals surface area (Å²) >= 11 is 1.66. The van der Waals surface area contributed by atoms with Gasteiger partial charge in [0.05, 0.1) is 12.1 Å². The van der Waals surface area contributed by atoms with Crippen molar-refractivity contribution in [3.8, 4) is 0 Å². The van der Waals surface area contributed by atoms with Crippen LogP contribution in [0.25, 0.3) is 11.1 Å². The first-order valence-corrected chi connectivity index (χ1v) is 9.50. The van der Waals surface area contributed by atoms with Gasteiger partial charge in [0, 0.05) is 10.9 Å². The highest BCUT2D eigenvalue weighted by molar-refractivity contribution is 7.09. The molecule has 2 heterocycles. The lowest BCUT2D eigenvalue weighted by molar-refractivity contribution is -0.134. The number of benzene rings is 1. The molecule has 0 atom stereocenters. The van der Waals surface area contributed by atoms with Crippen molar-refractivity contribution in [1.29, 1.82) is 0 Å². The van der Waals surface area contributed by atoms with Crippen molar-refractivity contribution < 1.29 is 9.21 Å². The molecule has 0 aliphatic heterocycles. The van der Waals surface area contributed by atoms with Crippen LogP contribution in [0.15, 0.2) is 51.0 Å². The second-order valence-electron chi connectivity index (χ2n) is 6.46. The zero-order valence-electron chi connectivity index (χ0n) is 13.9. The van der Waals surface area contributed by atoms with E-state index in [2.05, 4.69) is 6.07 Å². The first kappa shape index (κ1) is 16.1. The van der Waals surface area contributed by atoms with Crippen molar-refractivity contribution in [2.45, 2.75) is 44.8 Å². The number of rotatable bonds is 5. The number of oxazole rings is 1. The minimum atomic E-state index is -0.475. The van der Waals surface area contributed by atoms with E-state index in [4.69, 9.17) is 4.42 Å². The molecule has 6 heteroatoms. The van der Waals surface area contributed by atoms with Gasteiger partial charge in [-0.1, -0.05) is 31.0 Å². The topological polar surface area (TPSA) is 55.5 Å². The van der Waals surface area contributed by atoms with Crippen LogP contribution in [-0.4, -0.2) is 21.4 Å². The maximum Gasteiger partial charge on any atom is 0.420 e. The van der Waals surface area contributed by atoms with Gasteiger partial charge in [-0.25, -0.2) is 4.79 Å². The molecule has 1 amide bonds. The Morgan fingerprint density at radius 1 is 1.20 bits per heavy atom. The van der Waals surface area contributed by atoms with Gasteiger partial charge in [-0.05, 0) is 36.4 Å². The number of carbonyl (C=O) groups is 1. The van der Waals surface area contributed by atoms with E-state index < -0.39 is 5.76 Å². The predicted molar refractivity (Wildman–Crippen MR) is 97.6 cm³/mol. The lowest BCUT2D eigenvalue weighted by atomic mass is 10.2. The lowest BCUT2D eigenvalue weighted by Gasteiger charge is -2.28. The molecule has 25 heavy (non-hydrogen) atoms. The Morgan fingerprint density at radius 3 is 2.76 bits per heavy atom. The summed E-state index contributed by atoms with van der Waals surface area (Å²) in [5, 5.41) is 2.03. The van der Waals surface area contributed by atoms with Crippen LogP contribution in [0, 0.1) is 0 Å². The van der Waals surface area contributed by atoms with Crippen LogP contribution in [0.3, 0.4) is 0 Å². The van der Waals surface area contributed by atoms with Crippen LogP contribution in [0.4, 0.5) is 0 Å². The van der Waals surface area contributed by atoms with Gasteiger partial charge in [0.15, 0.2) is 5.58 Å². The van der Waals surface area contributed by atoms with Gasteiger partial charge in [-0.3, -0.25) is 9.36 Å². The van der Waals surface area contributed by atoms with Crippen LogP contribution in [0.2, 0.25) is 0 Å². The molecule has 0 unspecified atom stereocenters. The summed E-state index contributed by atoms with van der Waals surface area (Å²) in [5.41, 5.74) is 1.19. The predicted octanol–water partition coefficient (Wildman–Crippen LogP) is 3.63. The average Bonchev–Trinajstić information content (AvgIpc) is 3.35. The van der Waals surface area contributed by atoms with Crippen molar-refractivity contribution in [1.82, 2.24) is 9.47 Å². The molecule has 5 nitrogen and oxygen atoms in total. The molecule has 3 aromatic rings. The molecule has 1 aliphatic rings. The van der Waals surface area contributed by atoms with E-state index in [1.807, 2.05) is 34.5 Å².